The van der Waals surface area contributed by atoms with Crippen molar-refractivity contribution in [3.05, 3.63) is 35.7 Å². The monoisotopic (exact) mass is 329 g/mol. The molecule has 0 bridgehead atoms. The molecular weight excluding hydrogens is 306 g/mol. The van der Waals surface area contributed by atoms with E-state index in [9.17, 15) is 4.79 Å². The van der Waals surface area contributed by atoms with Gasteiger partial charge in [-0.2, -0.15) is 4.98 Å². The second kappa shape index (κ2) is 7.57. The number of nitrogens with one attached hydrogen (secondary N) is 1. The first-order valence-electron chi connectivity index (χ1n) is 8.52. The second-order valence-corrected chi connectivity index (χ2v) is 6.33. The van der Waals surface area contributed by atoms with Gasteiger partial charge in [-0.15, -0.1) is 0 Å². The minimum atomic E-state index is -0.836. The van der Waals surface area contributed by atoms with Gasteiger partial charge in [0.15, 0.2) is 0 Å². The van der Waals surface area contributed by atoms with Crippen molar-refractivity contribution in [1.82, 2.24) is 15.5 Å². The Morgan fingerprint density at radius 1 is 1.33 bits per heavy atom. The molecule has 128 valence electrons. The number of carbonyl (C=O) groups is 1. The van der Waals surface area contributed by atoms with E-state index in [-0.39, 0.29) is 6.42 Å². The fourth-order valence-corrected chi connectivity index (χ4v) is 3.41. The lowest BCUT2D eigenvalue weighted by Gasteiger charge is -2.27. The lowest BCUT2D eigenvalue weighted by atomic mass is 9.83. The van der Waals surface area contributed by atoms with Crippen LogP contribution in [0.15, 0.2) is 28.8 Å². The molecule has 2 heterocycles. The number of benzene rings is 1. The Bertz CT molecular complexity index is 675. The SMILES string of the molecule is CCC(c1nc(-c2ccc(CC(=O)O)cc2)no1)C1CCNCC1. The van der Waals surface area contributed by atoms with E-state index in [1.54, 1.807) is 12.1 Å². The maximum Gasteiger partial charge on any atom is 0.307 e. The quantitative estimate of drug-likeness (QED) is 0.847. The minimum absolute atomic E-state index is 0.0192. The molecule has 0 saturated carbocycles. The van der Waals surface area contributed by atoms with Gasteiger partial charge >= 0.3 is 5.97 Å². The zero-order chi connectivity index (χ0) is 16.9. The fourth-order valence-electron chi connectivity index (χ4n) is 3.41. The molecule has 1 unspecified atom stereocenters. The van der Waals surface area contributed by atoms with Crippen molar-refractivity contribution in [2.24, 2.45) is 5.92 Å². The summed E-state index contributed by atoms with van der Waals surface area (Å²) in [6, 6.07) is 7.28. The molecule has 1 aromatic carbocycles. The molecule has 2 N–H and O–H groups in total. The Morgan fingerprint density at radius 3 is 2.67 bits per heavy atom. The van der Waals surface area contributed by atoms with Gasteiger partial charge in [0.05, 0.1) is 6.42 Å². The Hall–Kier alpha value is -2.21. The summed E-state index contributed by atoms with van der Waals surface area (Å²) >= 11 is 0. The summed E-state index contributed by atoms with van der Waals surface area (Å²) in [4.78, 5) is 15.3. The van der Waals surface area contributed by atoms with E-state index < -0.39 is 5.97 Å². The molecule has 1 aromatic heterocycles. The molecule has 3 rings (SSSR count). The normalized spacial score (nSPS) is 16.9. The maximum atomic E-state index is 10.7. The van der Waals surface area contributed by atoms with Gasteiger partial charge in [0, 0.05) is 11.5 Å². The van der Waals surface area contributed by atoms with E-state index in [1.807, 2.05) is 12.1 Å². The standard InChI is InChI=1S/C18H23N3O3/c1-2-15(13-7-9-19-10-8-13)18-20-17(21-24-18)14-5-3-12(4-6-14)11-16(22)23/h3-6,13,15,19H,2,7-11H2,1H3,(H,22,23). The maximum absolute atomic E-state index is 10.7. The summed E-state index contributed by atoms with van der Waals surface area (Å²) in [7, 11) is 0. The molecule has 0 radical (unpaired) electrons. The largest absolute Gasteiger partial charge is 0.481 e. The van der Waals surface area contributed by atoms with Crippen LogP contribution in [0.4, 0.5) is 0 Å². The van der Waals surface area contributed by atoms with Crippen LogP contribution in [0.2, 0.25) is 0 Å². The molecule has 1 aliphatic heterocycles. The number of nitrogens with zero attached hydrogens (tertiary/aromatic N) is 2. The number of carboxylic acid groups (broad SMARTS) is 1. The average Bonchev–Trinajstić information content (AvgIpc) is 3.06. The first kappa shape index (κ1) is 16.6. The van der Waals surface area contributed by atoms with Crippen LogP contribution in [0.25, 0.3) is 11.4 Å². The molecule has 0 aliphatic carbocycles. The first-order chi connectivity index (χ1) is 11.7. The Kier molecular flexibility index (Phi) is 5.25. The molecule has 1 aliphatic rings. The third-order valence-electron chi connectivity index (χ3n) is 4.72. The van der Waals surface area contributed by atoms with Crippen molar-refractivity contribution < 1.29 is 14.4 Å². The van der Waals surface area contributed by atoms with E-state index in [4.69, 9.17) is 9.63 Å². The fraction of sp³-hybridized carbons (Fsp3) is 0.500. The number of piperidine rings is 1. The molecule has 24 heavy (non-hydrogen) atoms. The summed E-state index contributed by atoms with van der Waals surface area (Å²) < 4.78 is 5.54. The van der Waals surface area contributed by atoms with Gasteiger partial charge in [-0.25, -0.2) is 0 Å². The summed E-state index contributed by atoms with van der Waals surface area (Å²) in [5, 5.41) is 16.3. The van der Waals surface area contributed by atoms with E-state index >= 15 is 0 Å². The molecule has 1 atom stereocenters. The molecule has 0 spiro atoms. The summed E-state index contributed by atoms with van der Waals surface area (Å²) in [5.74, 6) is 1.34. The number of hydrogen-bond acceptors (Lipinski definition) is 5. The number of carboxylic acids is 1. The van der Waals surface area contributed by atoms with Crippen LogP contribution in [0, 0.1) is 5.92 Å². The molecule has 0 amide bonds. The van der Waals surface area contributed by atoms with Gasteiger partial charge in [0.25, 0.3) is 0 Å². The lowest BCUT2D eigenvalue weighted by Crippen LogP contribution is -2.30. The molecule has 6 nitrogen and oxygen atoms in total. The smallest absolute Gasteiger partial charge is 0.307 e. The van der Waals surface area contributed by atoms with Crippen LogP contribution in [0.3, 0.4) is 0 Å². The van der Waals surface area contributed by atoms with Crippen LogP contribution in [-0.2, 0) is 11.2 Å². The highest BCUT2D eigenvalue weighted by atomic mass is 16.5. The Morgan fingerprint density at radius 2 is 2.04 bits per heavy atom. The van der Waals surface area contributed by atoms with Crippen molar-refractivity contribution in [2.75, 3.05) is 13.1 Å². The van der Waals surface area contributed by atoms with Gasteiger partial charge in [0.2, 0.25) is 11.7 Å². The zero-order valence-electron chi connectivity index (χ0n) is 13.9. The minimum Gasteiger partial charge on any atom is -0.481 e. The average molecular weight is 329 g/mol. The summed E-state index contributed by atoms with van der Waals surface area (Å²) in [5.41, 5.74) is 1.61. The van der Waals surface area contributed by atoms with Crippen LogP contribution in [0.1, 0.15) is 43.6 Å². The van der Waals surface area contributed by atoms with Crippen molar-refractivity contribution >= 4 is 5.97 Å². The van der Waals surface area contributed by atoms with Crippen molar-refractivity contribution in [2.45, 2.75) is 38.5 Å². The number of rotatable bonds is 6. The summed E-state index contributed by atoms with van der Waals surface area (Å²) in [6.07, 6.45) is 3.29. The van der Waals surface area contributed by atoms with E-state index in [0.29, 0.717) is 23.6 Å². The highest BCUT2D eigenvalue weighted by molar-refractivity contribution is 5.70. The Balaban J connectivity index is 1.75. The molecule has 6 heteroatoms. The van der Waals surface area contributed by atoms with E-state index in [0.717, 1.165) is 43.5 Å². The van der Waals surface area contributed by atoms with Crippen molar-refractivity contribution in [1.29, 1.82) is 0 Å². The topological polar surface area (TPSA) is 88.2 Å². The van der Waals surface area contributed by atoms with Crippen LogP contribution in [0.5, 0.6) is 0 Å². The third kappa shape index (κ3) is 3.82. The zero-order valence-corrected chi connectivity index (χ0v) is 13.9. The van der Waals surface area contributed by atoms with E-state index in [1.165, 1.54) is 0 Å². The van der Waals surface area contributed by atoms with Crippen molar-refractivity contribution in [3.8, 4) is 11.4 Å². The van der Waals surface area contributed by atoms with Gasteiger partial charge in [-0.05, 0) is 43.8 Å². The Labute approximate surface area is 141 Å². The molecular formula is C18H23N3O3. The number of hydrogen-bond donors (Lipinski definition) is 2. The number of aromatic nitrogens is 2. The molecule has 2 aromatic rings. The van der Waals surface area contributed by atoms with Crippen LogP contribution in [-0.4, -0.2) is 34.3 Å². The van der Waals surface area contributed by atoms with Crippen molar-refractivity contribution in [3.63, 3.8) is 0 Å². The van der Waals surface area contributed by atoms with Crippen LogP contribution < -0.4 is 5.32 Å². The van der Waals surface area contributed by atoms with Gasteiger partial charge in [0.1, 0.15) is 0 Å². The molecule has 1 saturated heterocycles. The van der Waals surface area contributed by atoms with Gasteiger partial charge < -0.3 is 14.9 Å². The predicted molar refractivity (Wildman–Crippen MR) is 89.7 cm³/mol. The third-order valence-corrected chi connectivity index (χ3v) is 4.72. The summed E-state index contributed by atoms with van der Waals surface area (Å²) in [6.45, 7) is 4.26. The second-order valence-electron chi connectivity index (χ2n) is 6.33. The predicted octanol–water partition coefficient (Wildman–Crippen LogP) is 2.86. The molecule has 1 fully saturated rings. The van der Waals surface area contributed by atoms with Gasteiger partial charge in [-0.3, -0.25) is 4.79 Å². The highest BCUT2D eigenvalue weighted by Gasteiger charge is 2.28. The van der Waals surface area contributed by atoms with Gasteiger partial charge in [-0.1, -0.05) is 36.3 Å². The first-order valence-corrected chi connectivity index (χ1v) is 8.52. The van der Waals surface area contributed by atoms with E-state index in [2.05, 4.69) is 22.4 Å². The van der Waals surface area contributed by atoms with Crippen LogP contribution >= 0.6 is 0 Å². The highest BCUT2D eigenvalue weighted by Crippen LogP contribution is 2.33. The number of aliphatic carboxylic acids is 1. The lowest BCUT2D eigenvalue weighted by molar-refractivity contribution is -0.136.